The van der Waals surface area contributed by atoms with Crippen molar-refractivity contribution in [3.63, 3.8) is 0 Å². The van der Waals surface area contributed by atoms with Crippen molar-refractivity contribution < 1.29 is 4.74 Å². The Hall–Kier alpha value is -2.29. The number of benzene rings is 2. The fourth-order valence-corrected chi connectivity index (χ4v) is 2.89. The fourth-order valence-electron chi connectivity index (χ4n) is 2.89. The van der Waals surface area contributed by atoms with Gasteiger partial charge in [0.15, 0.2) is 0 Å². The number of nitrogens with one attached hydrogen (secondary N) is 1. The van der Waals surface area contributed by atoms with Crippen molar-refractivity contribution in [1.82, 2.24) is 0 Å². The van der Waals surface area contributed by atoms with Crippen molar-refractivity contribution in [2.45, 2.75) is 53.9 Å². The van der Waals surface area contributed by atoms with E-state index in [0.29, 0.717) is 18.0 Å². The monoisotopic (exact) mass is 340 g/mol. The number of ether oxygens (including phenoxy) is 1. The number of hydrogen-bond donors (Lipinski definition) is 2. The Balaban J connectivity index is 0.00000151. The molecule has 0 amide bonds. The summed E-state index contributed by atoms with van der Waals surface area (Å²) in [6.07, 6.45) is 2.99. The number of nitrogens with two attached hydrogens (primary N) is 1. The van der Waals surface area contributed by atoms with Gasteiger partial charge < -0.3 is 15.9 Å². The van der Waals surface area contributed by atoms with Crippen molar-refractivity contribution in [3.8, 4) is 5.75 Å². The second-order valence-electron chi connectivity index (χ2n) is 5.73. The molecule has 0 saturated carbocycles. The fraction of sp³-hybridized carbons (Fsp3) is 0.409. The SMILES string of the molecule is CC.CCc1cccc(CC)c1CCOc1ccc(N)c(C(C)=N)c1. The first-order chi connectivity index (χ1) is 12.1. The van der Waals surface area contributed by atoms with E-state index in [9.17, 15) is 0 Å². The molecule has 0 aliphatic rings. The summed E-state index contributed by atoms with van der Waals surface area (Å²) in [6.45, 7) is 10.8. The second-order valence-corrected chi connectivity index (χ2v) is 5.73. The minimum absolute atomic E-state index is 0.456. The molecule has 136 valence electrons. The first-order valence-electron chi connectivity index (χ1n) is 9.24. The quantitative estimate of drug-likeness (QED) is 0.521. The van der Waals surface area contributed by atoms with Gasteiger partial charge in [-0.25, -0.2) is 0 Å². The summed E-state index contributed by atoms with van der Waals surface area (Å²) < 4.78 is 5.90. The zero-order valence-corrected chi connectivity index (χ0v) is 16.3. The zero-order chi connectivity index (χ0) is 18.8. The smallest absolute Gasteiger partial charge is 0.120 e. The van der Waals surface area contributed by atoms with Crippen LogP contribution in [0.2, 0.25) is 0 Å². The van der Waals surface area contributed by atoms with Gasteiger partial charge in [-0.3, -0.25) is 0 Å². The molecule has 0 atom stereocenters. The molecule has 25 heavy (non-hydrogen) atoms. The van der Waals surface area contributed by atoms with E-state index in [1.807, 2.05) is 26.0 Å². The van der Waals surface area contributed by atoms with E-state index in [1.165, 1.54) is 16.7 Å². The third kappa shape index (κ3) is 5.63. The molecule has 3 nitrogen and oxygen atoms in total. The van der Waals surface area contributed by atoms with E-state index in [-0.39, 0.29) is 0 Å². The summed E-state index contributed by atoms with van der Waals surface area (Å²) >= 11 is 0. The molecule has 0 bridgehead atoms. The number of hydrogen-bond acceptors (Lipinski definition) is 3. The van der Waals surface area contributed by atoms with Crippen LogP contribution in [0.25, 0.3) is 0 Å². The van der Waals surface area contributed by atoms with Crippen molar-refractivity contribution in [1.29, 1.82) is 5.41 Å². The van der Waals surface area contributed by atoms with Crippen LogP contribution >= 0.6 is 0 Å². The molecule has 0 aliphatic heterocycles. The van der Waals surface area contributed by atoms with Crippen LogP contribution in [0.1, 0.15) is 56.9 Å². The summed E-state index contributed by atoms with van der Waals surface area (Å²) in [6, 6.07) is 12.1. The average molecular weight is 341 g/mol. The van der Waals surface area contributed by atoms with Gasteiger partial charge >= 0.3 is 0 Å². The maximum absolute atomic E-state index is 7.76. The second kappa shape index (κ2) is 10.5. The molecule has 0 aliphatic carbocycles. The standard InChI is InChI=1S/C20H26N2O.C2H6/c1-4-15-7-6-8-16(5-2)18(15)11-12-23-17-9-10-20(22)19(13-17)14(3)21;1-2/h6-10,13,21H,4-5,11-12,22H2,1-3H3;1-2H3. The van der Waals surface area contributed by atoms with E-state index in [0.717, 1.165) is 30.6 Å². The number of anilines is 1. The van der Waals surface area contributed by atoms with Crippen LogP contribution in [-0.2, 0) is 19.3 Å². The molecule has 0 heterocycles. The van der Waals surface area contributed by atoms with Crippen LogP contribution in [0, 0.1) is 5.41 Å². The molecule has 0 unspecified atom stereocenters. The van der Waals surface area contributed by atoms with Crippen LogP contribution in [0.5, 0.6) is 5.75 Å². The largest absolute Gasteiger partial charge is 0.493 e. The van der Waals surface area contributed by atoms with Gasteiger partial charge in [-0.15, -0.1) is 0 Å². The molecule has 0 fully saturated rings. The highest BCUT2D eigenvalue weighted by Gasteiger charge is 2.08. The van der Waals surface area contributed by atoms with Crippen molar-refractivity contribution in [2.75, 3.05) is 12.3 Å². The van der Waals surface area contributed by atoms with Gasteiger partial charge in [0.25, 0.3) is 0 Å². The Bertz CT molecular complexity index is 670. The molecule has 0 saturated heterocycles. The first kappa shape index (κ1) is 20.8. The van der Waals surface area contributed by atoms with E-state index < -0.39 is 0 Å². The van der Waals surface area contributed by atoms with Crippen molar-refractivity contribution in [3.05, 3.63) is 58.7 Å². The number of rotatable bonds is 7. The molecule has 2 aromatic rings. The van der Waals surface area contributed by atoms with Crippen LogP contribution in [0.4, 0.5) is 5.69 Å². The van der Waals surface area contributed by atoms with Crippen molar-refractivity contribution in [2.24, 2.45) is 0 Å². The lowest BCUT2D eigenvalue weighted by Crippen LogP contribution is -2.07. The Labute approximate surface area is 152 Å². The third-order valence-electron chi connectivity index (χ3n) is 4.18. The Morgan fingerprint density at radius 3 is 2.16 bits per heavy atom. The van der Waals surface area contributed by atoms with E-state index >= 15 is 0 Å². The lowest BCUT2D eigenvalue weighted by atomic mass is 9.95. The predicted molar refractivity (Wildman–Crippen MR) is 109 cm³/mol. The maximum atomic E-state index is 7.76. The highest BCUT2D eigenvalue weighted by atomic mass is 16.5. The van der Waals surface area contributed by atoms with Crippen LogP contribution in [-0.4, -0.2) is 12.3 Å². The van der Waals surface area contributed by atoms with Crippen LogP contribution in [0.15, 0.2) is 36.4 Å². The molecule has 3 heteroatoms. The average Bonchev–Trinajstić information content (AvgIpc) is 2.64. The summed E-state index contributed by atoms with van der Waals surface area (Å²) in [5, 5.41) is 7.76. The maximum Gasteiger partial charge on any atom is 0.120 e. The van der Waals surface area contributed by atoms with E-state index in [4.69, 9.17) is 15.9 Å². The highest BCUT2D eigenvalue weighted by molar-refractivity contribution is 6.01. The van der Waals surface area contributed by atoms with Gasteiger partial charge in [0.2, 0.25) is 0 Å². The predicted octanol–water partition coefficient (Wildman–Crippen LogP) is 5.43. The lowest BCUT2D eigenvalue weighted by molar-refractivity contribution is 0.321. The van der Waals surface area contributed by atoms with Gasteiger partial charge in [-0.2, -0.15) is 0 Å². The summed E-state index contributed by atoms with van der Waals surface area (Å²) in [5.74, 6) is 0.771. The first-order valence-corrected chi connectivity index (χ1v) is 9.24. The molecular weight excluding hydrogens is 308 g/mol. The van der Waals surface area contributed by atoms with E-state index in [2.05, 4.69) is 32.0 Å². The minimum Gasteiger partial charge on any atom is -0.493 e. The molecule has 3 N–H and O–H groups in total. The summed E-state index contributed by atoms with van der Waals surface area (Å²) in [7, 11) is 0. The van der Waals surface area contributed by atoms with Gasteiger partial charge in [0, 0.05) is 23.4 Å². The zero-order valence-electron chi connectivity index (χ0n) is 16.3. The molecule has 2 aromatic carbocycles. The van der Waals surface area contributed by atoms with Crippen LogP contribution < -0.4 is 10.5 Å². The van der Waals surface area contributed by atoms with Gasteiger partial charge in [-0.05, 0) is 54.7 Å². The minimum atomic E-state index is 0.456. The molecule has 0 aromatic heterocycles. The molecule has 0 radical (unpaired) electrons. The molecule has 2 rings (SSSR count). The third-order valence-corrected chi connectivity index (χ3v) is 4.18. The molecule has 0 spiro atoms. The summed E-state index contributed by atoms with van der Waals surface area (Å²) in [4.78, 5) is 0. The summed E-state index contributed by atoms with van der Waals surface area (Å²) in [5.41, 5.74) is 11.9. The number of aryl methyl sites for hydroxylation is 2. The van der Waals surface area contributed by atoms with Gasteiger partial charge in [0.1, 0.15) is 5.75 Å². The van der Waals surface area contributed by atoms with Crippen LogP contribution in [0.3, 0.4) is 0 Å². The number of nitrogen functional groups attached to an aromatic ring is 1. The molecular formula is C22H32N2O. The Morgan fingerprint density at radius 1 is 1.04 bits per heavy atom. The topological polar surface area (TPSA) is 59.1 Å². The van der Waals surface area contributed by atoms with Crippen molar-refractivity contribution >= 4 is 11.4 Å². The lowest BCUT2D eigenvalue weighted by Gasteiger charge is -2.14. The van der Waals surface area contributed by atoms with Gasteiger partial charge in [-0.1, -0.05) is 45.9 Å². The van der Waals surface area contributed by atoms with Gasteiger partial charge in [0.05, 0.1) is 6.61 Å². The Morgan fingerprint density at radius 2 is 1.64 bits per heavy atom. The Kier molecular flexibility index (Phi) is 8.76. The normalized spacial score (nSPS) is 9.96. The highest BCUT2D eigenvalue weighted by Crippen LogP contribution is 2.22. The van der Waals surface area contributed by atoms with E-state index in [1.54, 1.807) is 13.0 Å².